The SMILES string of the molecule is C=C(C)CC(N)CCOc1cccc(C)c1. The summed E-state index contributed by atoms with van der Waals surface area (Å²) in [7, 11) is 0. The lowest BCUT2D eigenvalue weighted by Gasteiger charge is -2.12. The first kappa shape index (κ1) is 12.8. The molecule has 16 heavy (non-hydrogen) atoms. The van der Waals surface area contributed by atoms with Gasteiger partial charge in [-0.25, -0.2) is 0 Å². The van der Waals surface area contributed by atoms with Crippen molar-refractivity contribution in [3.05, 3.63) is 42.0 Å². The Morgan fingerprint density at radius 1 is 1.50 bits per heavy atom. The highest BCUT2D eigenvalue weighted by atomic mass is 16.5. The molecule has 0 radical (unpaired) electrons. The number of hydrogen-bond donors (Lipinski definition) is 1. The molecule has 2 heteroatoms. The first-order valence-electron chi connectivity index (χ1n) is 5.67. The number of hydrogen-bond acceptors (Lipinski definition) is 2. The molecule has 0 aliphatic rings. The topological polar surface area (TPSA) is 35.2 Å². The molecule has 0 saturated heterocycles. The van der Waals surface area contributed by atoms with Crippen molar-refractivity contribution in [3.63, 3.8) is 0 Å². The van der Waals surface area contributed by atoms with E-state index in [-0.39, 0.29) is 6.04 Å². The Morgan fingerprint density at radius 2 is 2.25 bits per heavy atom. The van der Waals surface area contributed by atoms with Crippen molar-refractivity contribution in [1.29, 1.82) is 0 Å². The van der Waals surface area contributed by atoms with Crippen LogP contribution in [0, 0.1) is 6.92 Å². The van der Waals surface area contributed by atoms with Crippen molar-refractivity contribution in [2.75, 3.05) is 6.61 Å². The summed E-state index contributed by atoms with van der Waals surface area (Å²) in [6.45, 7) is 8.57. The van der Waals surface area contributed by atoms with E-state index in [2.05, 4.69) is 19.6 Å². The van der Waals surface area contributed by atoms with E-state index in [1.54, 1.807) is 0 Å². The second-order valence-corrected chi connectivity index (χ2v) is 4.37. The first-order valence-corrected chi connectivity index (χ1v) is 5.67. The largest absolute Gasteiger partial charge is 0.494 e. The lowest BCUT2D eigenvalue weighted by Crippen LogP contribution is -2.22. The van der Waals surface area contributed by atoms with Gasteiger partial charge in [-0.05, 0) is 44.4 Å². The van der Waals surface area contributed by atoms with E-state index >= 15 is 0 Å². The summed E-state index contributed by atoms with van der Waals surface area (Å²) in [6.07, 6.45) is 1.73. The highest BCUT2D eigenvalue weighted by molar-refractivity contribution is 5.27. The van der Waals surface area contributed by atoms with Gasteiger partial charge in [0.2, 0.25) is 0 Å². The number of benzene rings is 1. The summed E-state index contributed by atoms with van der Waals surface area (Å²) in [5.74, 6) is 0.919. The van der Waals surface area contributed by atoms with Gasteiger partial charge in [-0.2, -0.15) is 0 Å². The van der Waals surface area contributed by atoms with E-state index in [0.717, 1.165) is 24.2 Å². The van der Waals surface area contributed by atoms with Crippen molar-refractivity contribution >= 4 is 0 Å². The van der Waals surface area contributed by atoms with Gasteiger partial charge in [-0.3, -0.25) is 0 Å². The fourth-order valence-electron chi connectivity index (χ4n) is 1.58. The van der Waals surface area contributed by atoms with E-state index in [4.69, 9.17) is 10.5 Å². The van der Waals surface area contributed by atoms with Gasteiger partial charge in [-0.1, -0.05) is 17.7 Å². The average Bonchev–Trinajstić information content (AvgIpc) is 2.16. The quantitative estimate of drug-likeness (QED) is 0.746. The third kappa shape index (κ3) is 4.99. The van der Waals surface area contributed by atoms with E-state index in [0.29, 0.717) is 6.61 Å². The smallest absolute Gasteiger partial charge is 0.119 e. The van der Waals surface area contributed by atoms with Gasteiger partial charge in [0.05, 0.1) is 6.61 Å². The van der Waals surface area contributed by atoms with Gasteiger partial charge in [0.1, 0.15) is 5.75 Å². The van der Waals surface area contributed by atoms with Crippen molar-refractivity contribution < 1.29 is 4.74 Å². The molecule has 1 rings (SSSR count). The standard InChI is InChI=1S/C14H21NO/c1-11(2)9-13(15)7-8-16-14-6-4-5-12(3)10-14/h4-6,10,13H,1,7-9,15H2,2-3H3. The third-order valence-electron chi connectivity index (χ3n) is 2.36. The highest BCUT2D eigenvalue weighted by Gasteiger charge is 2.03. The van der Waals surface area contributed by atoms with Crippen LogP contribution < -0.4 is 10.5 Å². The summed E-state index contributed by atoms with van der Waals surface area (Å²) in [5.41, 5.74) is 8.27. The maximum atomic E-state index is 5.93. The number of ether oxygens (including phenoxy) is 1. The van der Waals surface area contributed by atoms with E-state index in [1.165, 1.54) is 5.56 Å². The Labute approximate surface area is 98.1 Å². The normalized spacial score (nSPS) is 12.2. The molecule has 0 bridgehead atoms. The second-order valence-electron chi connectivity index (χ2n) is 4.37. The maximum Gasteiger partial charge on any atom is 0.119 e. The van der Waals surface area contributed by atoms with Crippen LogP contribution in [0.25, 0.3) is 0 Å². The van der Waals surface area contributed by atoms with Crippen LogP contribution in [0.4, 0.5) is 0 Å². The van der Waals surface area contributed by atoms with Crippen molar-refractivity contribution in [1.82, 2.24) is 0 Å². The molecule has 2 N–H and O–H groups in total. The second kappa shape index (κ2) is 6.33. The molecule has 0 amide bonds. The summed E-state index contributed by atoms with van der Waals surface area (Å²) < 4.78 is 5.63. The zero-order valence-corrected chi connectivity index (χ0v) is 10.2. The molecule has 0 spiro atoms. The zero-order chi connectivity index (χ0) is 12.0. The fourth-order valence-corrected chi connectivity index (χ4v) is 1.58. The van der Waals surface area contributed by atoms with Crippen LogP contribution in [0.15, 0.2) is 36.4 Å². The lowest BCUT2D eigenvalue weighted by atomic mass is 10.1. The number of aryl methyl sites for hydroxylation is 1. The summed E-state index contributed by atoms with van der Waals surface area (Å²) >= 11 is 0. The van der Waals surface area contributed by atoms with Gasteiger partial charge in [0.25, 0.3) is 0 Å². The molecule has 0 aliphatic carbocycles. The summed E-state index contributed by atoms with van der Waals surface area (Å²) in [4.78, 5) is 0. The van der Waals surface area contributed by atoms with Crippen LogP contribution >= 0.6 is 0 Å². The van der Waals surface area contributed by atoms with Crippen LogP contribution in [0.5, 0.6) is 5.75 Å². The molecule has 0 aromatic heterocycles. The predicted molar refractivity (Wildman–Crippen MR) is 68.7 cm³/mol. The lowest BCUT2D eigenvalue weighted by molar-refractivity contribution is 0.297. The van der Waals surface area contributed by atoms with Crippen LogP contribution in [-0.2, 0) is 0 Å². The fraction of sp³-hybridized carbons (Fsp3) is 0.429. The van der Waals surface area contributed by atoms with Crippen molar-refractivity contribution in [2.24, 2.45) is 5.73 Å². The summed E-state index contributed by atoms with van der Waals surface area (Å²) in [6, 6.07) is 8.21. The molecule has 0 heterocycles. The number of nitrogens with two attached hydrogens (primary N) is 1. The molecule has 0 saturated carbocycles. The third-order valence-corrected chi connectivity index (χ3v) is 2.36. The molecule has 1 aromatic carbocycles. The average molecular weight is 219 g/mol. The van der Waals surface area contributed by atoms with Crippen LogP contribution in [-0.4, -0.2) is 12.6 Å². The number of rotatable bonds is 6. The molecule has 1 unspecified atom stereocenters. The van der Waals surface area contributed by atoms with Gasteiger partial charge in [-0.15, -0.1) is 6.58 Å². The molecule has 1 aromatic rings. The minimum Gasteiger partial charge on any atom is -0.494 e. The monoisotopic (exact) mass is 219 g/mol. The zero-order valence-electron chi connectivity index (χ0n) is 10.2. The highest BCUT2D eigenvalue weighted by Crippen LogP contribution is 2.13. The van der Waals surface area contributed by atoms with Crippen LogP contribution in [0.3, 0.4) is 0 Å². The van der Waals surface area contributed by atoms with Crippen molar-refractivity contribution in [3.8, 4) is 5.75 Å². The Hall–Kier alpha value is -1.28. The first-order chi connectivity index (χ1) is 7.58. The van der Waals surface area contributed by atoms with Crippen LogP contribution in [0.1, 0.15) is 25.3 Å². The summed E-state index contributed by atoms with van der Waals surface area (Å²) in [5, 5.41) is 0. The minimum absolute atomic E-state index is 0.155. The van der Waals surface area contributed by atoms with Crippen LogP contribution in [0.2, 0.25) is 0 Å². The maximum absolute atomic E-state index is 5.93. The van der Waals surface area contributed by atoms with E-state index in [1.807, 2.05) is 25.1 Å². The van der Waals surface area contributed by atoms with Crippen molar-refractivity contribution in [2.45, 2.75) is 32.7 Å². The molecule has 1 atom stereocenters. The van der Waals surface area contributed by atoms with E-state index in [9.17, 15) is 0 Å². The Bertz CT molecular complexity index is 346. The van der Waals surface area contributed by atoms with Gasteiger partial charge in [0, 0.05) is 6.04 Å². The molecule has 0 aliphatic heterocycles. The predicted octanol–water partition coefficient (Wildman–Crippen LogP) is 3.06. The minimum atomic E-state index is 0.155. The molecule has 88 valence electrons. The Kier molecular flexibility index (Phi) is 5.06. The molecular weight excluding hydrogens is 198 g/mol. The van der Waals surface area contributed by atoms with Gasteiger partial charge >= 0.3 is 0 Å². The van der Waals surface area contributed by atoms with E-state index < -0.39 is 0 Å². The Morgan fingerprint density at radius 3 is 2.88 bits per heavy atom. The Balaban J connectivity index is 2.27. The molecule has 0 fully saturated rings. The molecular formula is C14H21NO. The molecule has 2 nitrogen and oxygen atoms in total. The van der Waals surface area contributed by atoms with Gasteiger partial charge in [0.15, 0.2) is 0 Å². The van der Waals surface area contributed by atoms with Gasteiger partial charge < -0.3 is 10.5 Å².